The number of fused-ring (bicyclic) bond motifs is 1. The van der Waals surface area contributed by atoms with Crippen molar-refractivity contribution in [1.82, 2.24) is 14.3 Å². The molecule has 1 aliphatic heterocycles. The van der Waals surface area contributed by atoms with Crippen molar-refractivity contribution in [3.63, 3.8) is 0 Å². The monoisotopic (exact) mass is 586 g/mol. The van der Waals surface area contributed by atoms with E-state index in [-0.39, 0.29) is 28.3 Å². The van der Waals surface area contributed by atoms with Crippen LogP contribution in [0.5, 0.6) is 11.5 Å². The molecule has 0 saturated carbocycles. The van der Waals surface area contributed by atoms with Crippen molar-refractivity contribution in [3.05, 3.63) is 48.2 Å². The lowest BCUT2D eigenvalue weighted by Gasteiger charge is -2.31. The van der Waals surface area contributed by atoms with Crippen LogP contribution in [0.2, 0.25) is 0 Å². The van der Waals surface area contributed by atoms with Crippen LogP contribution in [0.15, 0.2) is 47.4 Å². The predicted molar refractivity (Wildman–Crippen MR) is 153 cm³/mol. The van der Waals surface area contributed by atoms with Crippen LogP contribution in [0.1, 0.15) is 39.7 Å². The summed E-state index contributed by atoms with van der Waals surface area (Å²) in [5, 5.41) is 19.3. The summed E-state index contributed by atoms with van der Waals surface area (Å²) in [5.41, 5.74) is 0.491. The minimum absolute atomic E-state index is 0.0353. The van der Waals surface area contributed by atoms with Crippen molar-refractivity contribution < 1.29 is 32.5 Å². The van der Waals surface area contributed by atoms with Crippen molar-refractivity contribution in [1.29, 1.82) is 0 Å². The molecule has 2 aromatic carbocycles. The van der Waals surface area contributed by atoms with Gasteiger partial charge in [0.05, 0.1) is 23.4 Å². The van der Waals surface area contributed by atoms with Gasteiger partial charge in [-0.05, 0) is 50.2 Å². The molecule has 0 radical (unpaired) electrons. The number of ether oxygens (including phenoxy) is 3. The van der Waals surface area contributed by atoms with E-state index in [2.05, 4.69) is 25.9 Å². The lowest BCUT2D eigenvalue weighted by molar-refractivity contribution is -0.129. The van der Waals surface area contributed by atoms with E-state index in [1.54, 1.807) is 45.9 Å². The Hall–Kier alpha value is -3.98. The second kappa shape index (κ2) is 11.9. The molecule has 14 heteroatoms. The number of aromatic nitrogens is 2. The molecular formula is C27H34N6O7S. The lowest BCUT2D eigenvalue weighted by atomic mass is 10.1. The second-order valence-corrected chi connectivity index (χ2v) is 11.5. The molecule has 13 nitrogen and oxygen atoms in total. The number of aliphatic hydroxyl groups is 1. The summed E-state index contributed by atoms with van der Waals surface area (Å²) in [6.45, 7) is 7.53. The molecule has 0 spiro atoms. The number of carbonyl (C=O) groups excluding carboxylic acids is 1. The number of anilines is 5. The highest BCUT2D eigenvalue weighted by Crippen LogP contribution is 2.36. The van der Waals surface area contributed by atoms with E-state index >= 15 is 0 Å². The molecule has 1 amide bonds. The first-order chi connectivity index (χ1) is 19.4. The number of nitrogens with zero attached hydrogens (tertiary/aromatic N) is 3. The van der Waals surface area contributed by atoms with Gasteiger partial charge in [-0.3, -0.25) is 4.79 Å². The lowest BCUT2D eigenvalue weighted by Crippen LogP contribution is -2.45. The van der Waals surface area contributed by atoms with Crippen LogP contribution < -0.4 is 25.4 Å². The smallest absolute Gasteiger partial charge is 0.268 e. The van der Waals surface area contributed by atoms with E-state index in [9.17, 15) is 18.3 Å². The summed E-state index contributed by atoms with van der Waals surface area (Å²) in [6, 6.07) is 11.1. The van der Waals surface area contributed by atoms with Crippen LogP contribution in [0, 0.1) is 0 Å². The molecule has 4 N–H and O–H groups in total. The maximum Gasteiger partial charge on any atom is 0.268 e. The van der Waals surface area contributed by atoms with Gasteiger partial charge in [0, 0.05) is 32.0 Å². The largest absolute Gasteiger partial charge is 0.495 e. The van der Waals surface area contributed by atoms with E-state index < -0.39 is 21.9 Å². The summed E-state index contributed by atoms with van der Waals surface area (Å²) in [6.07, 6.45) is -1.37. The highest BCUT2D eigenvalue weighted by atomic mass is 32.2. The summed E-state index contributed by atoms with van der Waals surface area (Å²) in [5.74, 6) is 0.913. The number of benzene rings is 2. The third kappa shape index (κ3) is 6.35. The number of carbonyl (C=O) groups is 1. The SMILES string of the molecule is CCN(CC)S(=O)(=O)c1ccc(OC)c(Nc2nc(Nc3ccc4c(c3)NC(=O)C(C)(C)O4)cc(C(O)OC)n2)c1. The Bertz CT molecular complexity index is 1540. The van der Waals surface area contributed by atoms with Gasteiger partial charge < -0.3 is 35.3 Å². The summed E-state index contributed by atoms with van der Waals surface area (Å²) < 4.78 is 43.9. The molecule has 0 fully saturated rings. The first kappa shape index (κ1) is 30.0. The van der Waals surface area contributed by atoms with Gasteiger partial charge in [0.15, 0.2) is 11.9 Å². The number of aliphatic hydroxyl groups excluding tert-OH is 1. The quantitative estimate of drug-likeness (QED) is 0.242. The van der Waals surface area contributed by atoms with E-state index in [1.165, 1.54) is 42.8 Å². The maximum atomic E-state index is 13.1. The second-order valence-electron chi connectivity index (χ2n) is 9.57. The number of methoxy groups -OCH3 is 2. The molecule has 41 heavy (non-hydrogen) atoms. The molecule has 0 aliphatic carbocycles. The Morgan fingerprint density at radius 1 is 1.07 bits per heavy atom. The van der Waals surface area contributed by atoms with Gasteiger partial charge >= 0.3 is 0 Å². The van der Waals surface area contributed by atoms with Crippen molar-refractivity contribution in [3.8, 4) is 11.5 Å². The van der Waals surface area contributed by atoms with Gasteiger partial charge in [-0.15, -0.1) is 0 Å². The highest BCUT2D eigenvalue weighted by Gasteiger charge is 2.35. The number of sulfonamides is 1. The fraction of sp³-hybridized carbons (Fsp3) is 0.370. The number of rotatable bonds is 11. The topological polar surface area (TPSA) is 164 Å². The highest BCUT2D eigenvalue weighted by molar-refractivity contribution is 7.89. The van der Waals surface area contributed by atoms with Gasteiger partial charge in [-0.1, -0.05) is 13.8 Å². The molecule has 1 aromatic heterocycles. The fourth-order valence-electron chi connectivity index (χ4n) is 4.15. The van der Waals surface area contributed by atoms with Gasteiger partial charge in [0.25, 0.3) is 5.91 Å². The Kier molecular flexibility index (Phi) is 8.68. The third-order valence-electron chi connectivity index (χ3n) is 6.39. The number of hydrogen-bond donors (Lipinski definition) is 4. The molecule has 4 rings (SSSR count). The van der Waals surface area contributed by atoms with Gasteiger partial charge in [0.1, 0.15) is 23.0 Å². The van der Waals surface area contributed by atoms with Crippen LogP contribution in [-0.4, -0.2) is 66.6 Å². The zero-order valence-corrected chi connectivity index (χ0v) is 24.5. The fourth-order valence-corrected chi connectivity index (χ4v) is 5.63. The summed E-state index contributed by atoms with van der Waals surface area (Å²) in [4.78, 5) is 21.3. The van der Waals surface area contributed by atoms with E-state index in [4.69, 9.17) is 14.2 Å². The van der Waals surface area contributed by atoms with Crippen molar-refractivity contribution >= 4 is 44.8 Å². The average molecular weight is 587 g/mol. The van der Waals surface area contributed by atoms with Crippen LogP contribution in [0.4, 0.5) is 28.8 Å². The predicted octanol–water partition coefficient (Wildman–Crippen LogP) is 3.75. The van der Waals surface area contributed by atoms with Crippen molar-refractivity contribution in [2.75, 3.05) is 43.3 Å². The number of amides is 1. The minimum atomic E-state index is -3.75. The molecule has 1 atom stereocenters. The van der Waals surface area contributed by atoms with Crippen molar-refractivity contribution in [2.45, 2.75) is 44.5 Å². The zero-order valence-electron chi connectivity index (χ0n) is 23.7. The number of hydrogen-bond acceptors (Lipinski definition) is 11. The first-order valence-corrected chi connectivity index (χ1v) is 14.3. The number of nitrogens with one attached hydrogen (secondary N) is 3. The molecule has 1 unspecified atom stereocenters. The Morgan fingerprint density at radius 2 is 1.80 bits per heavy atom. The Labute approximate surface area is 238 Å². The van der Waals surface area contributed by atoms with E-state index in [1.807, 2.05) is 0 Å². The Balaban J connectivity index is 1.69. The molecule has 3 aromatic rings. The summed E-state index contributed by atoms with van der Waals surface area (Å²) >= 11 is 0. The maximum absolute atomic E-state index is 13.1. The third-order valence-corrected chi connectivity index (χ3v) is 8.44. The van der Waals surface area contributed by atoms with Crippen LogP contribution >= 0.6 is 0 Å². The van der Waals surface area contributed by atoms with Crippen LogP contribution in [0.25, 0.3) is 0 Å². The zero-order chi connectivity index (χ0) is 29.9. The standard InChI is InChI=1S/C27H34N6O7S/c1-7-33(8-2)41(36,37)17-10-12-21(38-5)19(14-17)30-26-31-20(24(34)39-6)15-23(32-26)28-16-9-11-22-18(13-16)29-25(35)27(3,4)40-22/h9-15,24,34H,7-8H2,1-6H3,(H,29,35)(H2,28,30,31,32). The molecule has 0 bridgehead atoms. The normalized spacial score (nSPS) is 15.0. The Morgan fingerprint density at radius 3 is 2.46 bits per heavy atom. The van der Waals surface area contributed by atoms with Crippen molar-refractivity contribution in [2.24, 2.45) is 0 Å². The molecule has 2 heterocycles. The van der Waals surface area contributed by atoms with Crippen LogP contribution in [-0.2, 0) is 19.6 Å². The molecular weight excluding hydrogens is 552 g/mol. The molecule has 220 valence electrons. The average Bonchev–Trinajstić information content (AvgIpc) is 2.93. The molecule has 0 saturated heterocycles. The van der Waals surface area contributed by atoms with Crippen LogP contribution in [0.3, 0.4) is 0 Å². The minimum Gasteiger partial charge on any atom is -0.495 e. The first-order valence-electron chi connectivity index (χ1n) is 12.9. The van der Waals surface area contributed by atoms with Gasteiger partial charge in [-0.25, -0.2) is 13.4 Å². The van der Waals surface area contributed by atoms with Gasteiger partial charge in [0.2, 0.25) is 16.0 Å². The van der Waals surface area contributed by atoms with Gasteiger partial charge in [-0.2, -0.15) is 9.29 Å². The van der Waals surface area contributed by atoms with E-state index in [0.29, 0.717) is 41.7 Å². The summed E-state index contributed by atoms with van der Waals surface area (Å²) in [7, 11) is -0.969. The van der Waals surface area contributed by atoms with E-state index in [0.717, 1.165) is 0 Å². The molecule has 1 aliphatic rings.